The van der Waals surface area contributed by atoms with Crippen molar-refractivity contribution >= 4 is 33.0 Å². The van der Waals surface area contributed by atoms with Crippen LogP contribution < -0.4 is 15.0 Å². The lowest BCUT2D eigenvalue weighted by Gasteiger charge is -2.14. The van der Waals surface area contributed by atoms with Gasteiger partial charge in [0.15, 0.2) is 11.5 Å². The highest BCUT2D eigenvalue weighted by Gasteiger charge is 2.15. The molecule has 0 spiro atoms. The second-order valence-electron chi connectivity index (χ2n) is 7.99. The minimum absolute atomic E-state index is 0.0706. The molecule has 3 aromatic carbocycles. The van der Waals surface area contributed by atoms with E-state index in [-0.39, 0.29) is 11.5 Å². The van der Waals surface area contributed by atoms with Crippen molar-refractivity contribution in [2.45, 2.75) is 32.8 Å². The summed E-state index contributed by atoms with van der Waals surface area (Å²) in [5.74, 6) is 1.93. The number of aromatic nitrogens is 2. The Balaban J connectivity index is 1.66. The van der Waals surface area contributed by atoms with E-state index in [0.717, 1.165) is 22.0 Å². The molecule has 0 bridgehead atoms. The molecule has 1 aromatic heterocycles. The van der Waals surface area contributed by atoms with E-state index in [1.807, 2.05) is 67.6 Å². The average molecular weight is 520 g/mol. The minimum Gasteiger partial charge on any atom is -0.493 e. The molecule has 0 saturated heterocycles. The zero-order valence-electron chi connectivity index (χ0n) is 19.4. The summed E-state index contributed by atoms with van der Waals surface area (Å²) in [7, 11) is 1.60. The van der Waals surface area contributed by atoms with Crippen molar-refractivity contribution in [3.05, 3.63) is 98.5 Å². The lowest BCUT2D eigenvalue weighted by Crippen LogP contribution is -2.23. The van der Waals surface area contributed by atoms with Gasteiger partial charge in [0.1, 0.15) is 12.4 Å². The van der Waals surface area contributed by atoms with Gasteiger partial charge in [-0.05, 0) is 53.9 Å². The smallest absolute Gasteiger partial charge is 0.282 e. The predicted molar refractivity (Wildman–Crippen MR) is 139 cm³/mol. The fourth-order valence-corrected chi connectivity index (χ4v) is 3.88. The van der Waals surface area contributed by atoms with Crippen LogP contribution in [0.2, 0.25) is 0 Å². The Morgan fingerprint density at radius 3 is 2.62 bits per heavy atom. The van der Waals surface area contributed by atoms with E-state index in [4.69, 9.17) is 14.5 Å². The quantitative estimate of drug-likeness (QED) is 0.262. The van der Waals surface area contributed by atoms with Crippen LogP contribution in [0.25, 0.3) is 10.9 Å². The fraction of sp³-hybridized carbons (Fsp3) is 0.222. The minimum atomic E-state index is -0.201. The number of nitrogens with zero attached hydrogens (tertiary/aromatic N) is 3. The van der Waals surface area contributed by atoms with Gasteiger partial charge in [0, 0.05) is 10.4 Å². The third-order valence-electron chi connectivity index (χ3n) is 5.63. The first-order chi connectivity index (χ1) is 16.5. The van der Waals surface area contributed by atoms with Crippen LogP contribution in [0.3, 0.4) is 0 Å². The Labute approximate surface area is 207 Å². The van der Waals surface area contributed by atoms with Gasteiger partial charge in [0.25, 0.3) is 5.56 Å². The van der Waals surface area contributed by atoms with Crippen molar-refractivity contribution in [1.82, 2.24) is 9.66 Å². The second-order valence-corrected chi connectivity index (χ2v) is 8.90. The Kier molecular flexibility index (Phi) is 7.43. The molecule has 0 aliphatic heterocycles. The SMILES string of the molecule is CC[C@H](C)c1nc2ccc(Br)cc2c(=O)n1N=Cc1ccc(OCc2ccccc2)c(OC)c1. The van der Waals surface area contributed by atoms with Gasteiger partial charge in [0.05, 0.1) is 24.2 Å². The topological polar surface area (TPSA) is 65.7 Å². The van der Waals surface area contributed by atoms with Gasteiger partial charge in [-0.1, -0.05) is 60.1 Å². The summed E-state index contributed by atoms with van der Waals surface area (Å²) in [5.41, 5.74) is 2.31. The Morgan fingerprint density at radius 1 is 1.09 bits per heavy atom. The largest absolute Gasteiger partial charge is 0.493 e. The van der Waals surface area contributed by atoms with Gasteiger partial charge in [-0.3, -0.25) is 4.79 Å². The molecule has 0 radical (unpaired) electrons. The van der Waals surface area contributed by atoms with Crippen LogP contribution in [0.4, 0.5) is 0 Å². The molecule has 0 amide bonds. The van der Waals surface area contributed by atoms with Gasteiger partial charge in [0.2, 0.25) is 0 Å². The van der Waals surface area contributed by atoms with E-state index in [9.17, 15) is 4.79 Å². The van der Waals surface area contributed by atoms with Crippen LogP contribution >= 0.6 is 15.9 Å². The van der Waals surface area contributed by atoms with E-state index in [2.05, 4.69) is 28.0 Å². The van der Waals surface area contributed by atoms with Crippen molar-refractivity contribution in [1.29, 1.82) is 0 Å². The molecule has 174 valence electrons. The third-order valence-corrected chi connectivity index (χ3v) is 6.13. The monoisotopic (exact) mass is 519 g/mol. The van der Waals surface area contributed by atoms with Crippen molar-refractivity contribution in [3.8, 4) is 11.5 Å². The van der Waals surface area contributed by atoms with Gasteiger partial charge in [-0.2, -0.15) is 9.78 Å². The van der Waals surface area contributed by atoms with Gasteiger partial charge in [-0.25, -0.2) is 4.98 Å². The zero-order valence-corrected chi connectivity index (χ0v) is 21.0. The first-order valence-corrected chi connectivity index (χ1v) is 11.9. The normalized spacial score (nSPS) is 12.2. The molecule has 4 aromatic rings. The predicted octanol–water partition coefficient (Wildman–Crippen LogP) is 6.14. The summed E-state index contributed by atoms with van der Waals surface area (Å²) in [5, 5.41) is 5.04. The third kappa shape index (κ3) is 5.20. The van der Waals surface area contributed by atoms with Crippen molar-refractivity contribution < 1.29 is 9.47 Å². The van der Waals surface area contributed by atoms with Crippen LogP contribution in [0.5, 0.6) is 11.5 Å². The van der Waals surface area contributed by atoms with Gasteiger partial charge < -0.3 is 9.47 Å². The van der Waals surface area contributed by atoms with Crippen molar-refractivity contribution in [2.24, 2.45) is 5.10 Å². The molecular weight excluding hydrogens is 494 g/mol. The number of hydrogen-bond acceptors (Lipinski definition) is 5. The maximum atomic E-state index is 13.3. The number of rotatable bonds is 8. The van der Waals surface area contributed by atoms with Crippen molar-refractivity contribution in [3.63, 3.8) is 0 Å². The molecule has 0 saturated carbocycles. The van der Waals surface area contributed by atoms with Crippen molar-refractivity contribution in [2.75, 3.05) is 7.11 Å². The first-order valence-electron chi connectivity index (χ1n) is 11.1. The van der Waals surface area contributed by atoms with E-state index in [0.29, 0.717) is 34.8 Å². The molecule has 1 heterocycles. The maximum Gasteiger partial charge on any atom is 0.282 e. The molecule has 6 nitrogen and oxygen atoms in total. The second kappa shape index (κ2) is 10.7. The number of hydrogen-bond donors (Lipinski definition) is 0. The lowest BCUT2D eigenvalue weighted by molar-refractivity contribution is 0.284. The summed E-state index contributed by atoms with van der Waals surface area (Å²) in [6.07, 6.45) is 2.48. The van der Waals surface area contributed by atoms with Crippen LogP contribution in [0, 0.1) is 0 Å². The molecule has 0 aliphatic rings. The molecule has 34 heavy (non-hydrogen) atoms. The van der Waals surface area contributed by atoms with E-state index >= 15 is 0 Å². The Bertz CT molecular complexity index is 1380. The number of benzene rings is 3. The van der Waals surface area contributed by atoms with Crippen LogP contribution in [-0.2, 0) is 6.61 Å². The molecule has 0 fully saturated rings. The molecule has 0 unspecified atom stereocenters. The van der Waals surface area contributed by atoms with Gasteiger partial charge in [-0.15, -0.1) is 0 Å². The summed E-state index contributed by atoms with van der Waals surface area (Å²) < 4.78 is 13.7. The Morgan fingerprint density at radius 2 is 1.88 bits per heavy atom. The summed E-state index contributed by atoms with van der Waals surface area (Å²) in [4.78, 5) is 18.0. The van der Waals surface area contributed by atoms with E-state index in [1.165, 1.54) is 4.68 Å². The van der Waals surface area contributed by atoms with Crippen LogP contribution in [0.15, 0.2) is 81.1 Å². The zero-order chi connectivity index (χ0) is 24.1. The number of methoxy groups -OCH3 is 1. The summed E-state index contributed by atoms with van der Waals surface area (Å²) in [6.45, 7) is 4.55. The molecule has 7 heteroatoms. The molecule has 1 atom stereocenters. The Hall–Kier alpha value is -3.45. The molecule has 4 rings (SSSR count). The number of fused-ring (bicyclic) bond motifs is 1. The lowest BCUT2D eigenvalue weighted by atomic mass is 10.1. The highest BCUT2D eigenvalue weighted by molar-refractivity contribution is 9.10. The number of ether oxygens (including phenoxy) is 2. The molecular formula is C27H26BrN3O3. The van der Waals surface area contributed by atoms with Crippen LogP contribution in [-0.4, -0.2) is 23.0 Å². The fourth-order valence-electron chi connectivity index (χ4n) is 3.52. The molecule has 0 N–H and O–H groups in total. The highest BCUT2D eigenvalue weighted by Crippen LogP contribution is 2.28. The van der Waals surface area contributed by atoms with E-state index < -0.39 is 0 Å². The van der Waals surface area contributed by atoms with Crippen LogP contribution in [0.1, 0.15) is 43.1 Å². The average Bonchev–Trinajstić information content (AvgIpc) is 2.87. The summed E-state index contributed by atoms with van der Waals surface area (Å²) >= 11 is 3.44. The highest BCUT2D eigenvalue weighted by atomic mass is 79.9. The first kappa shape index (κ1) is 23.7. The molecule has 0 aliphatic carbocycles. The van der Waals surface area contributed by atoms with E-state index in [1.54, 1.807) is 19.4 Å². The standard InChI is InChI=1S/C27H26BrN3O3/c1-4-18(2)26-30-23-12-11-21(28)15-22(23)27(32)31(26)29-16-20-10-13-24(25(14-20)33-3)34-17-19-8-6-5-7-9-19/h5-16,18H,4,17H2,1-3H3/t18-/m0/s1. The maximum absolute atomic E-state index is 13.3. The van der Waals surface area contributed by atoms with Gasteiger partial charge >= 0.3 is 0 Å². The number of halogens is 1. The summed E-state index contributed by atoms with van der Waals surface area (Å²) in [6, 6.07) is 21.0.